The van der Waals surface area contributed by atoms with Gasteiger partial charge in [-0.15, -0.1) is 0 Å². The first-order chi connectivity index (χ1) is 15.6. The van der Waals surface area contributed by atoms with Crippen LogP contribution in [0.5, 0.6) is 5.75 Å². The Labute approximate surface area is 203 Å². The maximum absolute atomic E-state index is 5.78. The average Bonchev–Trinajstić information content (AvgIpc) is 2.84. The number of pyridine rings is 1. The van der Waals surface area contributed by atoms with Crippen LogP contribution in [0.2, 0.25) is 0 Å². The van der Waals surface area contributed by atoms with E-state index in [2.05, 4.69) is 68.3 Å². The SMILES string of the molecule is CCOc1ccccc1[C@H](C)CNc1cc(-c2ccc(N3CCN(C)CC3)nc2)ncn1.S. The van der Waals surface area contributed by atoms with Crippen LogP contribution in [0.25, 0.3) is 11.3 Å². The van der Waals surface area contributed by atoms with E-state index in [0.717, 1.165) is 61.4 Å². The summed E-state index contributed by atoms with van der Waals surface area (Å²) >= 11 is 0. The fourth-order valence-electron chi connectivity index (χ4n) is 3.91. The molecule has 0 bridgehead atoms. The number of anilines is 2. The maximum atomic E-state index is 5.78. The molecule has 0 amide bonds. The summed E-state index contributed by atoms with van der Waals surface area (Å²) < 4.78 is 5.78. The molecule has 1 aromatic carbocycles. The molecule has 1 aliphatic heterocycles. The van der Waals surface area contributed by atoms with Gasteiger partial charge in [-0.05, 0) is 37.7 Å². The lowest BCUT2D eigenvalue weighted by atomic mass is 10.00. The first kappa shape index (κ1) is 24.8. The molecule has 1 N–H and O–H groups in total. The summed E-state index contributed by atoms with van der Waals surface area (Å²) in [6.45, 7) is 9.76. The van der Waals surface area contributed by atoms with Gasteiger partial charge in [-0.3, -0.25) is 0 Å². The van der Waals surface area contributed by atoms with E-state index in [0.29, 0.717) is 6.61 Å². The highest BCUT2D eigenvalue weighted by Crippen LogP contribution is 2.27. The lowest BCUT2D eigenvalue weighted by molar-refractivity contribution is 0.312. The molecule has 1 fully saturated rings. The number of nitrogens with one attached hydrogen (secondary N) is 1. The predicted molar refractivity (Wildman–Crippen MR) is 140 cm³/mol. The third-order valence-corrected chi connectivity index (χ3v) is 5.88. The fourth-order valence-corrected chi connectivity index (χ4v) is 3.91. The predicted octanol–water partition coefficient (Wildman–Crippen LogP) is 4.02. The van der Waals surface area contributed by atoms with E-state index in [-0.39, 0.29) is 19.4 Å². The van der Waals surface area contributed by atoms with Crippen molar-refractivity contribution in [3.05, 3.63) is 60.6 Å². The number of para-hydroxylation sites is 1. The normalized spacial score (nSPS) is 14.9. The molecule has 3 heterocycles. The molecule has 0 radical (unpaired) electrons. The lowest BCUT2D eigenvalue weighted by Crippen LogP contribution is -2.44. The number of nitrogens with zero attached hydrogens (tertiary/aromatic N) is 5. The quantitative estimate of drug-likeness (QED) is 0.538. The lowest BCUT2D eigenvalue weighted by Gasteiger charge is -2.33. The average molecular weight is 467 g/mol. The molecule has 0 unspecified atom stereocenters. The molecule has 3 aromatic rings. The van der Waals surface area contributed by atoms with Crippen molar-refractivity contribution < 1.29 is 4.74 Å². The van der Waals surface area contributed by atoms with Gasteiger partial charge >= 0.3 is 0 Å². The highest BCUT2D eigenvalue weighted by atomic mass is 32.1. The number of hydrogen-bond acceptors (Lipinski definition) is 7. The smallest absolute Gasteiger partial charge is 0.129 e. The van der Waals surface area contributed by atoms with Crippen LogP contribution in [0, 0.1) is 0 Å². The number of aromatic nitrogens is 3. The van der Waals surface area contributed by atoms with E-state index in [4.69, 9.17) is 4.74 Å². The first-order valence-corrected chi connectivity index (χ1v) is 11.3. The largest absolute Gasteiger partial charge is 0.494 e. The monoisotopic (exact) mass is 466 g/mol. The zero-order chi connectivity index (χ0) is 22.3. The van der Waals surface area contributed by atoms with E-state index in [9.17, 15) is 0 Å². The summed E-state index contributed by atoms with van der Waals surface area (Å²) in [4.78, 5) is 18.2. The van der Waals surface area contributed by atoms with Crippen molar-refractivity contribution >= 4 is 25.1 Å². The number of likely N-dealkylation sites (N-methyl/N-ethyl adjacent to an activating group) is 1. The van der Waals surface area contributed by atoms with Crippen LogP contribution >= 0.6 is 13.5 Å². The Hall–Kier alpha value is -2.84. The number of benzene rings is 1. The third-order valence-electron chi connectivity index (χ3n) is 5.88. The van der Waals surface area contributed by atoms with Crippen molar-refractivity contribution in [1.29, 1.82) is 0 Å². The molecule has 4 rings (SSSR count). The molecule has 0 spiro atoms. The van der Waals surface area contributed by atoms with Crippen LogP contribution in [-0.2, 0) is 0 Å². The van der Waals surface area contributed by atoms with E-state index >= 15 is 0 Å². The van der Waals surface area contributed by atoms with Crippen LogP contribution < -0.4 is 15.0 Å². The first-order valence-electron chi connectivity index (χ1n) is 11.3. The summed E-state index contributed by atoms with van der Waals surface area (Å²) in [5, 5.41) is 3.45. The number of ether oxygens (including phenoxy) is 1. The number of rotatable bonds is 8. The van der Waals surface area contributed by atoms with Gasteiger partial charge in [-0.1, -0.05) is 25.1 Å². The fraction of sp³-hybridized carbons (Fsp3) is 0.400. The van der Waals surface area contributed by atoms with Gasteiger partial charge < -0.3 is 19.9 Å². The van der Waals surface area contributed by atoms with Gasteiger partial charge in [0.15, 0.2) is 0 Å². The summed E-state index contributed by atoms with van der Waals surface area (Å²) in [5.41, 5.74) is 3.05. The van der Waals surface area contributed by atoms with Gasteiger partial charge in [0.25, 0.3) is 0 Å². The van der Waals surface area contributed by atoms with Gasteiger partial charge in [0, 0.05) is 56.5 Å². The molecule has 0 saturated carbocycles. The van der Waals surface area contributed by atoms with Crippen molar-refractivity contribution in [1.82, 2.24) is 19.9 Å². The molecular weight excluding hydrogens is 432 g/mol. The van der Waals surface area contributed by atoms with E-state index in [1.54, 1.807) is 6.33 Å². The maximum Gasteiger partial charge on any atom is 0.129 e. The Morgan fingerprint density at radius 2 is 1.82 bits per heavy atom. The van der Waals surface area contributed by atoms with Crippen LogP contribution in [0.1, 0.15) is 25.3 Å². The van der Waals surface area contributed by atoms with Crippen molar-refractivity contribution in [2.24, 2.45) is 0 Å². The molecule has 1 saturated heterocycles. The number of hydrogen-bond donors (Lipinski definition) is 1. The molecule has 7 nitrogen and oxygen atoms in total. The molecule has 1 atom stereocenters. The molecular formula is C25H34N6OS. The highest BCUT2D eigenvalue weighted by molar-refractivity contribution is 7.59. The van der Waals surface area contributed by atoms with Gasteiger partial charge in [-0.2, -0.15) is 13.5 Å². The Balaban J connectivity index is 0.00000306. The molecule has 33 heavy (non-hydrogen) atoms. The summed E-state index contributed by atoms with van der Waals surface area (Å²) in [5.74, 6) is 3.05. The van der Waals surface area contributed by atoms with E-state index in [1.165, 1.54) is 5.56 Å². The van der Waals surface area contributed by atoms with Gasteiger partial charge in [0.1, 0.15) is 23.7 Å². The second-order valence-electron chi connectivity index (χ2n) is 8.24. The Bertz CT molecular complexity index is 1010. The standard InChI is InChI=1S/C25H32N6O.H2S/c1-4-32-23-8-6-5-7-21(23)19(2)16-26-24-15-22(28-18-29-24)20-9-10-25(27-17-20)31-13-11-30(3)12-14-31;/h5-10,15,17-19H,4,11-14,16H2,1-3H3,(H,26,28,29);1H2/t19-;/m1./s1. The summed E-state index contributed by atoms with van der Waals surface area (Å²) in [6.07, 6.45) is 3.51. The molecule has 8 heteroatoms. The van der Waals surface area contributed by atoms with Crippen LogP contribution in [0.3, 0.4) is 0 Å². The zero-order valence-electron chi connectivity index (χ0n) is 19.7. The van der Waals surface area contributed by atoms with Gasteiger partial charge in [0.2, 0.25) is 0 Å². The number of piperazine rings is 1. The highest BCUT2D eigenvalue weighted by Gasteiger charge is 2.15. The second-order valence-corrected chi connectivity index (χ2v) is 8.24. The minimum atomic E-state index is 0. The van der Waals surface area contributed by atoms with Crippen molar-refractivity contribution in [2.75, 3.05) is 56.6 Å². The van der Waals surface area contributed by atoms with Crippen LogP contribution in [0.4, 0.5) is 11.6 Å². The van der Waals surface area contributed by atoms with Crippen molar-refractivity contribution in [3.8, 4) is 17.0 Å². The van der Waals surface area contributed by atoms with Crippen LogP contribution in [-0.4, -0.2) is 66.2 Å². The summed E-state index contributed by atoms with van der Waals surface area (Å²) in [6, 6.07) is 14.4. The van der Waals surface area contributed by atoms with Crippen molar-refractivity contribution in [2.45, 2.75) is 19.8 Å². The topological polar surface area (TPSA) is 66.4 Å². The van der Waals surface area contributed by atoms with Gasteiger partial charge in [-0.25, -0.2) is 15.0 Å². The summed E-state index contributed by atoms with van der Waals surface area (Å²) in [7, 11) is 2.16. The minimum absolute atomic E-state index is 0. The molecule has 176 valence electrons. The zero-order valence-corrected chi connectivity index (χ0v) is 20.7. The van der Waals surface area contributed by atoms with E-state index in [1.807, 2.05) is 31.3 Å². The second kappa shape index (κ2) is 11.9. The third kappa shape index (κ3) is 6.36. The van der Waals surface area contributed by atoms with E-state index < -0.39 is 0 Å². The van der Waals surface area contributed by atoms with Crippen LogP contribution in [0.15, 0.2) is 55.0 Å². The Morgan fingerprint density at radius 1 is 1.03 bits per heavy atom. The van der Waals surface area contributed by atoms with Gasteiger partial charge in [0.05, 0.1) is 12.3 Å². The molecule has 2 aromatic heterocycles. The Kier molecular flexibility index (Phi) is 8.91. The molecule has 0 aliphatic carbocycles. The Morgan fingerprint density at radius 3 is 2.55 bits per heavy atom. The van der Waals surface area contributed by atoms with Crippen molar-refractivity contribution in [3.63, 3.8) is 0 Å². The minimum Gasteiger partial charge on any atom is -0.494 e. The molecule has 1 aliphatic rings.